The summed E-state index contributed by atoms with van der Waals surface area (Å²) in [6.45, 7) is 7.31. The highest BCUT2D eigenvalue weighted by atomic mass is 15.3. The second-order valence-corrected chi connectivity index (χ2v) is 8.71. The van der Waals surface area contributed by atoms with Gasteiger partial charge in [0.2, 0.25) is 0 Å². The van der Waals surface area contributed by atoms with E-state index in [2.05, 4.69) is 78.7 Å². The van der Waals surface area contributed by atoms with Crippen LogP contribution in [0.25, 0.3) is 0 Å². The van der Waals surface area contributed by atoms with Crippen molar-refractivity contribution in [3.05, 3.63) is 71.7 Å². The number of hydrogen-bond donors (Lipinski definition) is 1. The van der Waals surface area contributed by atoms with Crippen LogP contribution in [0.1, 0.15) is 23.4 Å². The molecule has 6 heteroatoms. The van der Waals surface area contributed by atoms with Gasteiger partial charge in [0.05, 0.1) is 5.69 Å². The number of nitrogens with zero attached hydrogens (tertiary/aromatic N) is 5. The van der Waals surface area contributed by atoms with Crippen molar-refractivity contribution in [2.45, 2.75) is 26.3 Å². The SMILES string of the molecule is Cc1ccc(N2CC3CN(Cc4ccn[nH]4)CC3(CCc3ccccc3)C2)nn1. The molecular weight excluding hydrogens is 360 g/mol. The number of fused-ring (bicyclic) bond motifs is 1. The van der Waals surface area contributed by atoms with Gasteiger partial charge in [0.25, 0.3) is 0 Å². The van der Waals surface area contributed by atoms with Crippen LogP contribution < -0.4 is 4.90 Å². The molecule has 2 saturated heterocycles. The van der Waals surface area contributed by atoms with Crippen molar-refractivity contribution in [1.82, 2.24) is 25.3 Å². The van der Waals surface area contributed by atoms with Crippen LogP contribution >= 0.6 is 0 Å². The van der Waals surface area contributed by atoms with Gasteiger partial charge in [-0.25, -0.2) is 0 Å². The molecule has 0 spiro atoms. The van der Waals surface area contributed by atoms with Crippen LogP contribution in [0.2, 0.25) is 0 Å². The predicted octanol–water partition coefficient (Wildman–Crippen LogP) is 3.08. The Kier molecular flexibility index (Phi) is 4.79. The number of aryl methyl sites for hydroxylation is 2. The molecule has 29 heavy (non-hydrogen) atoms. The largest absolute Gasteiger partial charge is 0.354 e. The van der Waals surface area contributed by atoms with Crippen LogP contribution in [0, 0.1) is 18.3 Å². The third-order valence-electron chi connectivity index (χ3n) is 6.64. The topological polar surface area (TPSA) is 60.9 Å². The molecule has 1 N–H and O–H groups in total. The Morgan fingerprint density at radius 3 is 2.69 bits per heavy atom. The molecule has 0 bridgehead atoms. The Hall–Kier alpha value is -2.73. The van der Waals surface area contributed by atoms with E-state index in [-0.39, 0.29) is 0 Å². The second-order valence-electron chi connectivity index (χ2n) is 8.71. The molecule has 4 heterocycles. The van der Waals surface area contributed by atoms with E-state index in [1.807, 2.05) is 13.1 Å². The summed E-state index contributed by atoms with van der Waals surface area (Å²) in [5.74, 6) is 1.67. The lowest BCUT2D eigenvalue weighted by Gasteiger charge is -2.30. The first kappa shape index (κ1) is 18.3. The van der Waals surface area contributed by atoms with Crippen molar-refractivity contribution in [3.63, 3.8) is 0 Å². The lowest BCUT2D eigenvalue weighted by Crippen LogP contribution is -2.35. The summed E-state index contributed by atoms with van der Waals surface area (Å²) in [7, 11) is 0. The average molecular weight is 389 g/mol. The third kappa shape index (κ3) is 3.77. The molecule has 0 radical (unpaired) electrons. The average Bonchev–Trinajstić information content (AvgIpc) is 3.43. The minimum absolute atomic E-state index is 0.294. The van der Waals surface area contributed by atoms with E-state index in [9.17, 15) is 0 Å². The molecular formula is C23H28N6. The fourth-order valence-corrected chi connectivity index (χ4v) is 5.15. The number of likely N-dealkylation sites (tertiary alicyclic amines) is 1. The van der Waals surface area contributed by atoms with Crippen molar-refractivity contribution in [1.29, 1.82) is 0 Å². The molecule has 6 nitrogen and oxygen atoms in total. The van der Waals surface area contributed by atoms with Gasteiger partial charge < -0.3 is 4.90 Å². The van der Waals surface area contributed by atoms with E-state index in [0.717, 1.165) is 50.7 Å². The van der Waals surface area contributed by atoms with Crippen LogP contribution in [-0.2, 0) is 13.0 Å². The summed E-state index contributed by atoms with van der Waals surface area (Å²) in [6, 6.07) is 17.2. The van der Waals surface area contributed by atoms with E-state index in [1.165, 1.54) is 17.7 Å². The van der Waals surface area contributed by atoms with E-state index in [1.54, 1.807) is 0 Å². The summed E-state index contributed by atoms with van der Waals surface area (Å²) < 4.78 is 0. The zero-order valence-electron chi connectivity index (χ0n) is 17.0. The summed E-state index contributed by atoms with van der Waals surface area (Å²) in [6.07, 6.45) is 4.18. The quantitative estimate of drug-likeness (QED) is 0.703. The van der Waals surface area contributed by atoms with Crippen LogP contribution in [0.5, 0.6) is 0 Å². The predicted molar refractivity (Wildman–Crippen MR) is 114 cm³/mol. The summed E-state index contributed by atoms with van der Waals surface area (Å²) in [5.41, 5.74) is 3.89. The van der Waals surface area contributed by atoms with Gasteiger partial charge in [-0.1, -0.05) is 30.3 Å². The summed E-state index contributed by atoms with van der Waals surface area (Å²) in [4.78, 5) is 5.05. The smallest absolute Gasteiger partial charge is 0.151 e. The molecule has 0 amide bonds. The van der Waals surface area contributed by atoms with Gasteiger partial charge in [-0.15, -0.1) is 5.10 Å². The van der Waals surface area contributed by atoms with Gasteiger partial charge in [0, 0.05) is 50.0 Å². The molecule has 150 valence electrons. The molecule has 0 saturated carbocycles. The Morgan fingerprint density at radius 2 is 1.93 bits per heavy atom. The third-order valence-corrected chi connectivity index (χ3v) is 6.64. The van der Waals surface area contributed by atoms with Gasteiger partial charge in [-0.3, -0.25) is 10.00 Å². The maximum atomic E-state index is 4.47. The monoisotopic (exact) mass is 388 g/mol. The van der Waals surface area contributed by atoms with E-state index < -0.39 is 0 Å². The van der Waals surface area contributed by atoms with Crippen molar-refractivity contribution in [2.75, 3.05) is 31.1 Å². The number of H-pyrrole nitrogens is 1. The number of anilines is 1. The Bertz CT molecular complexity index is 924. The number of aromatic amines is 1. The maximum Gasteiger partial charge on any atom is 0.151 e. The Balaban J connectivity index is 1.35. The molecule has 1 aromatic carbocycles. The Morgan fingerprint density at radius 1 is 1.03 bits per heavy atom. The zero-order chi connectivity index (χ0) is 19.7. The van der Waals surface area contributed by atoms with Gasteiger partial charge in [0.1, 0.15) is 0 Å². The number of aromatic nitrogens is 4. The maximum absolute atomic E-state index is 4.47. The van der Waals surface area contributed by atoms with Crippen molar-refractivity contribution < 1.29 is 0 Å². The zero-order valence-corrected chi connectivity index (χ0v) is 17.0. The van der Waals surface area contributed by atoms with Gasteiger partial charge in [-0.05, 0) is 49.4 Å². The highest BCUT2D eigenvalue weighted by molar-refractivity contribution is 5.41. The minimum Gasteiger partial charge on any atom is -0.354 e. The molecule has 2 aliphatic heterocycles. The van der Waals surface area contributed by atoms with Crippen LogP contribution in [0.15, 0.2) is 54.7 Å². The lowest BCUT2D eigenvalue weighted by atomic mass is 9.76. The first-order chi connectivity index (χ1) is 14.2. The molecule has 2 aromatic heterocycles. The van der Waals surface area contributed by atoms with E-state index >= 15 is 0 Å². The van der Waals surface area contributed by atoms with E-state index in [4.69, 9.17) is 0 Å². The van der Waals surface area contributed by atoms with Crippen LogP contribution in [0.4, 0.5) is 5.82 Å². The van der Waals surface area contributed by atoms with Gasteiger partial charge in [0.15, 0.2) is 5.82 Å². The second kappa shape index (κ2) is 7.59. The number of hydrogen-bond acceptors (Lipinski definition) is 5. The highest BCUT2D eigenvalue weighted by Crippen LogP contribution is 2.47. The first-order valence-corrected chi connectivity index (χ1v) is 10.5. The van der Waals surface area contributed by atoms with Gasteiger partial charge >= 0.3 is 0 Å². The van der Waals surface area contributed by atoms with Crippen LogP contribution in [0.3, 0.4) is 0 Å². The molecule has 2 aliphatic rings. The highest BCUT2D eigenvalue weighted by Gasteiger charge is 2.52. The fraction of sp³-hybridized carbons (Fsp3) is 0.435. The lowest BCUT2D eigenvalue weighted by molar-refractivity contribution is 0.239. The normalized spacial score (nSPS) is 24.2. The number of rotatable bonds is 6. The molecule has 2 unspecified atom stereocenters. The number of nitrogens with one attached hydrogen (secondary N) is 1. The Labute approximate surface area is 172 Å². The van der Waals surface area contributed by atoms with Crippen LogP contribution in [-0.4, -0.2) is 51.5 Å². The standard InChI is InChI=1S/C23H28N6/c1-18-7-8-22(27-25-18)29-14-20-13-28(15-21-10-12-24-26-21)16-23(20,17-29)11-9-19-5-3-2-4-6-19/h2-8,10,12,20H,9,11,13-17H2,1H3,(H,24,26). The van der Waals surface area contributed by atoms with Crippen molar-refractivity contribution >= 4 is 5.82 Å². The minimum atomic E-state index is 0.294. The van der Waals surface area contributed by atoms with E-state index in [0.29, 0.717) is 11.3 Å². The van der Waals surface area contributed by atoms with Crippen molar-refractivity contribution in [3.8, 4) is 0 Å². The number of benzene rings is 1. The molecule has 3 aromatic rings. The van der Waals surface area contributed by atoms with Gasteiger partial charge in [-0.2, -0.15) is 10.2 Å². The summed E-state index contributed by atoms with van der Waals surface area (Å²) >= 11 is 0. The first-order valence-electron chi connectivity index (χ1n) is 10.5. The molecule has 2 atom stereocenters. The van der Waals surface area contributed by atoms with Crippen molar-refractivity contribution in [2.24, 2.45) is 11.3 Å². The fourth-order valence-electron chi connectivity index (χ4n) is 5.15. The molecule has 0 aliphatic carbocycles. The molecule has 5 rings (SSSR count). The summed E-state index contributed by atoms with van der Waals surface area (Å²) in [5, 5.41) is 16.0. The molecule has 2 fully saturated rings.